The van der Waals surface area contributed by atoms with Crippen molar-refractivity contribution in [2.24, 2.45) is 5.73 Å². The molecule has 1 aromatic rings. The fourth-order valence-electron chi connectivity index (χ4n) is 2.88. The van der Waals surface area contributed by atoms with Crippen LogP contribution in [0.1, 0.15) is 41.6 Å². The molecule has 2 rings (SSSR count). The Morgan fingerprint density at radius 1 is 1.33 bits per heavy atom. The summed E-state index contributed by atoms with van der Waals surface area (Å²) in [6.07, 6.45) is 4.98. The molecule has 0 saturated heterocycles. The van der Waals surface area contributed by atoms with Gasteiger partial charge in [0.2, 0.25) is 0 Å². The molecule has 0 atom stereocenters. The van der Waals surface area contributed by atoms with Crippen LogP contribution in [0.2, 0.25) is 0 Å². The van der Waals surface area contributed by atoms with Gasteiger partial charge in [0.15, 0.2) is 0 Å². The third-order valence-electron chi connectivity index (χ3n) is 3.96. The van der Waals surface area contributed by atoms with Crippen LogP contribution < -0.4 is 5.73 Å². The van der Waals surface area contributed by atoms with Crippen LogP contribution in [0.25, 0.3) is 0 Å². The lowest BCUT2D eigenvalue weighted by Gasteiger charge is -2.28. The van der Waals surface area contributed by atoms with E-state index in [-0.39, 0.29) is 5.97 Å². The van der Waals surface area contributed by atoms with Crippen molar-refractivity contribution in [2.45, 2.75) is 38.3 Å². The van der Waals surface area contributed by atoms with E-state index in [1.807, 2.05) is 12.1 Å². The van der Waals surface area contributed by atoms with Crippen LogP contribution in [0, 0.1) is 0 Å². The highest BCUT2D eigenvalue weighted by Crippen LogP contribution is 2.24. The van der Waals surface area contributed by atoms with Gasteiger partial charge in [0.25, 0.3) is 0 Å². The topological polar surface area (TPSA) is 55.6 Å². The second kappa shape index (κ2) is 7.52. The van der Waals surface area contributed by atoms with E-state index in [9.17, 15) is 4.79 Å². The molecule has 0 unspecified atom stereocenters. The Kier molecular flexibility index (Phi) is 5.70. The maximum atomic E-state index is 11.4. The molecule has 0 aromatic heterocycles. The first-order chi connectivity index (χ1) is 10.1. The highest BCUT2D eigenvalue weighted by atomic mass is 32.1. The summed E-state index contributed by atoms with van der Waals surface area (Å²) in [5.41, 5.74) is 7.46. The highest BCUT2D eigenvalue weighted by Gasteiger charge is 2.23. The Labute approximate surface area is 131 Å². The van der Waals surface area contributed by atoms with Crippen LogP contribution in [0.3, 0.4) is 0 Å². The monoisotopic (exact) mass is 306 g/mol. The number of carbonyl (C=O) groups is 1. The molecule has 1 aromatic carbocycles. The number of rotatable bonds is 6. The quantitative estimate of drug-likeness (QED) is 0.646. The molecular formula is C16H22N2O2S. The van der Waals surface area contributed by atoms with Gasteiger partial charge in [0.05, 0.1) is 17.7 Å². The first-order valence-corrected chi connectivity index (χ1v) is 7.70. The van der Waals surface area contributed by atoms with Crippen LogP contribution in [-0.2, 0) is 11.3 Å². The number of hydrogen-bond acceptors (Lipinski definition) is 4. The Bertz CT molecular complexity index is 496. The molecule has 1 fully saturated rings. The maximum absolute atomic E-state index is 11.4. The van der Waals surface area contributed by atoms with Gasteiger partial charge in [-0.25, -0.2) is 4.79 Å². The summed E-state index contributed by atoms with van der Waals surface area (Å²) in [4.78, 5) is 14.3. The molecule has 1 saturated carbocycles. The lowest BCUT2D eigenvalue weighted by Crippen LogP contribution is -2.38. The molecule has 5 heteroatoms. The predicted octanol–water partition coefficient (Wildman–Crippen LogP) is 2.50. The minimum atomic E-state index is -0.308. The third-order valence-corrected chi connectivity index (χ3v) is 4.09. The zero-order valence-electron chi connectivity index (χ0n) is 12.4. The summed E-state index contributed by atoms with van der Waals surface area (Å²) >= 11 is 5.07. The summed E-state index contributed by atoms with van der Waals surface area (Å²) < 4.78 is 4.71. The van der Waals surface area contributed by atoms with E-state index in [0.717, 1.165) is 12.1 Å². The molecule has 1 aliphatic carbocycles. The van der Waals surface area contributed by atoms with Crippen molar-refractivity contribution >= 4 is 23.2 Å². The van der Waals surface area contributed by atoms with Crippen molar-refractivity contribution in [3.63, 3.8) is 0 Å². The highest BCUT2D eigenvalue weighted by molar-refractivity contribution is 7.80. The fraction of sp³-hybridized carbons (Fsp3) is 0.500. The summed E-state index contributed by atoms with van der Waals surface area (Å²) in [6, 6.07) is 8.09. The van der Waals surface area contributed by atoms with Gasteiger partial charge in [-0.15, -0.1) is 0 Å². The van der Waals surface area contributed by atoms with E-state index in [0.29, 0.717) is 23.1 Å². The SMILES string of the molecule is COC(=O)c1ccc(CN(CC(N)=S)C2CCCC2)cc1. The van der Waals surface area contributed by atoms with Crippen molar-refractivity contribution < 1.29 is 9.53 Å². The van der Waals surface area contributed by atoms with Crippen molar-refractivity contribution in [2.75, 3.05) is 13.7 Å². The molecule has 0 aliphatic heterocycles. The van der Waals surface area contributed by atoms with Gasteiger partial charge in [-0.1, -0.05) is 37.2 Å². The van der Waals surface area contributed by atoms with Gasteiger partial charge >= 0.3 is 5.97 Å². The predicted molar refractivity (Wildman–Crippen MR) is 87.2 cm³/mol. The second-order valence-corrected chi connectivity index (χ2v) is 6.02. The second-order valence-electron chi connectivity index (χ2n) is 5.50. The Morgan fingerprint density at radius 3 is 2.48 bits per heavy atom. The van der Waals surface area contributed by atoms with E-state index in [1.54, 1.807) is 12.1 Å². The van der Waals surface area contributed by atoms with Crippen LogP contribution >= 0.6 is 12.2 Å². The number of nitrogens with two attached hydrogens (primary N) is 1. The molecule has 4 nitrogen and oxygen atoms in total. The lowest BCUT2D eigenvalue weighted by molar-refractivity contribution is 0.0600. The number of nitrogens with zero attached hydrogens (tertiary/aromatic N) is 1. The lowest BCUT2D eigenvalue weighted by atomic mass is 10.1. The van der Waals surface area contributed by atoms with Crippen LogP contribution in [0.4, 0.5) is 0 Å². The zero-order chi connectivity index (χ0) is 15.2. The Hall–Kier alpha value is -1.46. The smallest absolute Gasteiger partial charge is 0.337 e. The minimum Gasteiger partial charge on any atom is -0.465 e. The number of hydrogen-bond donors (Lipinski definition) is 1. The van der Waals surface area contributed by atoms with E-state index in [2.05, 4.69) is 4.90 Å². The number of methoxy groups -OCH3 is 1. The molecule has 0 amide bonds. The summed E-state index contributed by atoms with van der Waals surface area (Å²) in [6.45, 7) is 1.46. The van der Waals surface area contributed by atoms with Crippen molar-refractivity contribution in [1.82, 2.24) is 4.90 Å². The molecule has 21 heavy (non-hydrogen) atoms. The number of benzene rings is 1. The largest absolute Gasteiger partial charge is 0.465 e. The standard InChI is InChI=1S/C16H22N2O2S/c1-20-16(19)13-8-6-12(7-9-13)10-18(11-15(17)21)14-4-2-3-5-14/h6-9,14H,2-5,10-11H2,1H3,(H2,17,21). The van der Waals surface area contributed by atoms with Crippen molar-refractivity contribution in [1.29, 1.82) is 0 Å². The van der Waals surface area contributed by atoms with E-state index in [4.69, 9.17) is 22.7 Å². The molecule has 0 heterocycles. The molecule has 0 bridgehead atoms. The van der Waals surface area contributed by atoms with Crippen LogP contribution in [0.5, 0.6) is 0 Å². The Morgan fingerprint density at radius 2 is 1.95 bits per heavy atom. The fourth-order valence-corrected chi connectivity index (χ4v) is 3.05. The number of esters is 1. The van der Waals surface area contributed by atoms with Crippen LogP contribution in [-0.4, -0.2) is 35.6 Å². The maximum Gasteiger partial charge on any atom is 0.337 e. The molecule has 0 radical (unpaired) electrons. The first kappa shape index (κ1) is 15.9. The van der Waals surface area contributed by atoms with E-state index < -0.39 is 0 Å². The van der Waals surface area contributed by atoms with Gasteiger partial charge < -0.3 is 10.5 Å². The molecule has 114 valence electrons. The first-order valence-electron chi connectivity index (χ1n) is 7.29. The summed E-state index contributed by atoms with van der Waals surface area (Å²) in [5, 5.41) is 0. The average molecular weight is 306 g/mol. The van der Waals surface area contributed by atoms with Crippen molar-refractivity contribution in [3.05, 3.63) is 35.4 Å². The van der Waals surface area contributed by atoms with Gasteiger partial charge in [0, 0.05) is 19.1 Å². The minimum absolute atomic E-state index is 0.308. The average Bonchev–Trinajstić information content (AvgIpc) is 3.00. The zero-order valence-corrected chi connectivity index (χ0v) is 13.2. The normalized spacial score (nSPS) is 15.3. The van der Waals surface area contributed by atoms with Gasteiger partial charge in [-0.3, -0.25) is 4.90 Å². The molecule has 2 N–H and O–H groups in total. The molecule has 0 spiro atoms. The van der Waals surface area contributed by atoms with Gasteiger partial charge in [-0.2, -0.15) is 0 Å². The van der Waals surface area contributed by atoms with E-state index in [1.165, 1.54) is 32.8 Å². The van der Waals surface area contributed by atoms with Crippen LogP contribution in [0.15, 0.2) is 24.3 Å². The number of ether oxygens (including phenoxy) is 1. The molecular weight excluding hydrogens is 284 g/mol. The van der Waals surface area contributed by atoms with E-state index >= 15 is 0 Å². The summed E-state index contributed by atoms with van der Waals surface area (Å²) in [5.74, 6) is -0.308. The van der Waals surface area contributed by atoms with Gasteiger partial charge in [-0.05, 0) is 30.5 Å². The number of carbonyl (C=O) groups excluding carboxylic acids is 1. The van der Waals surface area contributed by atoms with Gasteiger partial charge in [0.1, 0.15) is 0 Å². The molecule has 1 aliphatic rings. The number of thiocarbonyl (C=S) groups is 1. The Balaban J connectivity index is 2.05. The summed E-state index contributed by atoms with van der Waals surface area (Å²) in [7, 11) is 1.39. The van der Waals surface area contributed by atoms with Crippen molar-refractivity contribution in [3.8, 4) is 0 Å². The third kappa shape index (κ3) is 4.51.